The molecule has 2 N–H and O–H groups in total. The van der Waals surface area contributed by atoms with Gasteiger partial charge in [0.25, 0.3) is 5.91 Å². The molecule has 3 rings (SSSR count). The van der Waals surface area contributed by atoms with E-state index in [2.05, 4.69) is 15.7 Å². The number of aryl methyl sites for hydroxylation is 2. The van der Waals surface area contributed by atoms with Crippen LogP contribution in [0.15, 0.2) is 24.3 Å². The van der Waals surface area contributed by atoms with Crippen molar-refractivity contribution < 1.29 is 9.18 Å². The molecule has 2 heterocycles. The first kappa shape index (κ1) is 19.4. The summed E-state index contributed by atoms with van der Waals surface area (Å²) in [6, 6.07) is 6.55. The molecule has 1 aliphatic heterocycles. The molecule has 0 aliphatic carbocycles. The number of aromatic nitrogens is 2. The Hall–Kier alpha value is -1.92. The SMILES string of the molecule is Cc1nn(C)c(C)c1C(=O)NC1CNCCC1c1ccc(F)cc1.Cl. The van der Waals surface area contributed by atoms with Crippen molar-refractivity contribution in [1.82, 2.24) is 20.4 Å². The number of carbonyl (C=O) groups is 1. The monoisotopic (exact) mass is 366 g/mol. The van der Waals surface area contributed by atoms with Crippen LogP contribution in [0.2, 0.25) is 0 Å². The van der Waals surface area contributed by atoms with Gasteiger partial charge in [-0.05, 0) is 44.5 Å². The quantitative estimate of drug-likeness (QED) is 0.877. The Morgan fingerprint density at radius 3 is 2.60 bits per heavy atom. The fourth-order valence-electron chi connectivity index (χ4n) is 3.46. The summed E-state index contributed by atoms with van der Waals surface area (Å²) in [5, 5.41) is 10.8. The average Bonchev–Trinajstić information content (AvgIpc) is 2.81. The molecule has 5 nitrogen and oxygen atoms in total. The smallest absolute Gasteiger partial charge is 0.255 e. The highest BCUT2D eigenvalue weighted by atomic mass is 35.5. The Morgan fingerprint density at radius 1 is 1.32 bits per heavy atom. The summed E-state index contributed by atoms with van der Waals surface area (Å²) >= 11 is 0. The van der Waals surface area contributed by atoms with Crippen molar-refractivity contribution in [3.8, 4) is 0 Å². The van der Waals surface area contributed by atoms with E-state index in [1.807, 2.05) is 33.0 Å². The van der Waals surface area contributed by atoms with Crippen molar-refractivity contribution in [2.24, 2.45) is 7.05 Å². The van der Waals surface area contributed by atoms with Crippen molar-refractivity contribution in [2.45, 2.75) is 32.2 Å². The molecule has 7 heteroatoms. The molecule has 2 unspecified atom stereocenters. The zero-order chi connectivity index (χ0) is 17.3. The van der Waals surface area contributed by atoms with E-state index >= 15 is 0 Å². The molecule has 2 aromatic rings. The molecule has 1 fully saturated rings. The second-order valence-electron chi connectivity index (χ2n) is 6.40. The third-order valence-corrected chi connectivity index (χ3v) is 4.83. The third kappa shape index (κ3) is 4.02. The van der Waals surface area contributed by atoms with E-state index < -0.39 is 0 Å². The molecule has 1 saturated heterocycles. The molecule has 0 spiro atoms. The normalized spacial score (nSPS) is 20.0. The van der Waals surface area contributed by atoms with Gasteiger partial charge in [0.05, 0.1) is 11.3 Å². The van der Waals surface area contributed by atoms with Gasteiger partial charge in [0.15, 0.2) is 0 Å². The number of benzene rings is 1. The average molecular weight is 367 g/mol. The van der Waals surface area contributed by atoms with Gasteiger partial charge in [-0.15, -0.1) is 12.4 Å². The van der Waals surface area contributed by atoms with Crippen LogP contribution < -0.4 is 10.6 Å². The fourth-order valence-corrected chi connectivity index (χ4v) is 3.46. The summed E-state index contributed by atoms with van der Waals surface area (Å²) in [5.41, 5.74) is 3.28. The van der Waals surface area contributed by atoms with Crippen LogP contribution in [0.3, 0.4) is 0 Å². The van der Waals surface area contributed by atoms with Gasteiger partial charge in [-0.1, -0.05) is 12.1 Å². The van der Waals surface area contributed by atoms with Gasteiger partial charge in [0, 0.05) is 31.2 Å². The number of rotatable bonds is 3. The minimum atomic E-state index is -0.241. The van der Waals surface area contributed by atoms with Gasteiger partial charge >= 0.3 is 0 Å². The maximum absolute atomic E-state index is 13.2. The Kier molecular flexibility index (Phi) is 6.19. The van der Waals surface area contributed by atoms with Crippen LogP contribution >= 0.6 is 12.4 Å². The van der Waals surface area contributed by atoms with Crippen LogP contribution in [0.5, 0.6) is 0 Å². The molecule has 1 aliphatic rings. The van der Waals surface area contributed by atoms with Crippen LogP contribution in [-0.2, 0) is 7.05 Å². The minimum absolute atomic E-state index is 0. The molecule has 136 valence electrons. The molecule has 1 aromatic heterocycles. The summed E-state index contributed by atoms with van der Waals surface area (Å²) in [7, 11) is 1.84. The second kappa shape index (κ2) is 7.97. The van der Waals surface area contributed by atoms with Crippen molar-refractivity contribution in [2.75, 3.05) is 13.1 Å². The van der Waals surface area contributed by atoms with Gasteiger partial charge in [0.2, 0.25) is 0 Å². The molecular weight excluding hydrogens is 343 g/mol. The molecule has 1 amide bonds. The molecule has 0 saturated carbocycles. The molecule has 25 heavy (non-hydrogen) atoms. The number of carbonyl (C=O) groups excluding carboxylic acids is 1. The van der Waals surface area contributed by atoms with E-state index in [0.29, 0.717) is 12.1 Å². The lowest BCUT2D eigenvalue weighted by atomic mass is 9.86. The van der Waals surface area contributed by atoms with Gasteiger partial charge in [-0.3, -0.25) is 9.48 Å². The van der Waals surface area contributed by atoms with Crippen molar-refractivity contribution in [3.05, 3.63) is 52.6 Å². The number of halogens is 2. The lowest BCUT2D eigenvalue weighted by molar-refractivity contribution is 0.0923. The largest absolute Gasteiger partial charge is 0.347 e. The topological polar surface area (TPSA) is 59.0 Å². The zero-order valence-electron chi connectivity index (χ0n) is 14.7. The number of nitrogens with one attached hydrogen (secondary N) is 2. The number of piperidine rings is 1. The van der Waals surface area contributed by atoms with Crippen molar-refractivity contribution >= 4 is 18.3 Å². The standard InChI is InChI=1S/C18H23FN4O.ClH/c1-11-17(12(2)23(3)22-11)18(24)21-16-10-20-9-8-15(16)13-4-6-14(19)7-5-13;/h4-7,15-16,20H,8-10H2,1-3H3,(H,21,24);1H. The van der Waals surface area contributed by atoms with Gasteiger partial charge in [-0.25, -0.2) is 4.39 Å². The molecule has 2 atom stereocenters. The predicted octanol–water partition coefficient (Wildman–Crippen LogP) is 2.47. The van der Waals surface area contributed by atoms with E-state index in [9.17, 15) is 9.18 Å². The highest BCUT2D eigenvalue weighted by Gasteiger charge is 2.29. The molecule has 1 aromatic carbocycles. The molecule has 0 radical (unpaired) electrons. The number of hydrogen-bond acceptors (Lipinski definition) is 3. The Labute approximate surface area is 153 Å². The van der Waals surface area contributed by atoms with E-state index in [1.54, 1.807) is 4.68 Å². The first-order valence-electron chi connectivity index (χ1n) is 8.24. The van der Waals surface area contributed by atoms with E-state index in [0.717, 1.165) is 29.9 Å². The van der Waals surface area contributed by atoms with Crippen LogP contribution in [0.1, 0.15) is 39.6 Å². The highest BCUT2D eigenvalue weighted by molar-refractivity contribution is 5.96. The Bertz CT molecular complexity index is 744. The van der Waals surface area contributed by atoms with Crippen molar-refractivity contribution in [3.63, 3.8) is 0 Å². The van der Waals surface area contributed by atoms with Gasteiger partial charge in [0.1, 0.15) is 5.82 Å². The maximum Gasteiger partial charge on any atom is 0.255 e. The number of amides is 1. The summed E-state index contributed by atoms with van der Waals surface area (Å²) < 4.78 is 14.9. The van der Waals surface area contributed by atoms with Gasteiger partial charge in [-0.2, -0.15) is 5.10 Å². The van der Waals surface area contributed by atoms with E-state index in [-0.39, 0.29) is 36.1 Å². The molecule has 0 bridgehead atoms. The van der Waals surface area contributed by atoms with Crippen LogP contribution in [0, 0.1) is 19.7 Å². The predicted molar refractivity (Wildman–Crippen MR) is 97.8 cm³/mol. The van der Waals surface area contributed by atoms with Crippen molar-refractivity contribution in [1.29, 1.82) is 0 Å². The zero-order valence-corrected chi connectivity index (χ0v) is 15.5. The number of nitrogens with zero attached hydrogens (tertiary/aromatic N) is 2. The maximum atomic E-state index is 13.2. The highest BCUT2D eigenvalue weighted by Crippen LogP contribution is 2.26. The third-order valence-electron chi connectivity index (χ3n) is 4.83. The fraction of sp³-hybridized carbons (Fsp3) is 0.444. The molecular formula is C18H24ClFN4O. The summed E-state index contributed by atoms with van der Waals surface area (Å²) in [4.78, 5) is 12.7. The van der Waals surface area contributed by atoms with Crippen LogP contribution in [0.4, 0.5) is 4.39 Å². The Balaban J connectivity index is 0.00000225. The lowest BCUT2D eigenvalue weighted by Gasteiger charge is -2.33. The first-order valence-corrected chi connectivity index (χ1v) is 8.24. The number of hydrogen-bond donors (Lipinski definition) is 2. The lowest BCUT2D eigenvalue weighted by Crippen LogP contribution is -2.50. The summed E-state index contributed by atoms with van der Waals surface area (Å²) in [6.07, 6.45) is 0.904. The van der Waals surface area contributed by atoms with Gasteiger partial charge < -0.3 is 10.6 Å². The first-order chi connectivity index (χ1) is 11.5. The van der Waals surface area contributed by atoms with Crippen LogP contribution in [0.25, 0.3) is 0 Å². The summed E-state index contributed by atoms with van der Waals surface area (Å²) in [5.74, 6) is -0.165. The Morgan fingerprint density at radius 2 is 2.00 bits per heavy atom. The van der Waals surface area contributed by atoms with Crippen LogP contribution in [-0.4, -0.2) is 34.8 Å². The van der Waals surface area contributed by atoms with E-state index in [1.165, 1.54) is 12.1 Å². The second-order valence-corrected chi connectivity index (χ2v) is 6.40. The summed E-state index contributed by atoms with van der Waals surface area (Å²) in [6.45, 7) is 5.33. The van der Waals surface area contributed by atoms with E-state index in [4.69, 9.17) is 0 Å². The minimum Gasteiger partial charge on any atom is -0.347 e.